The Bertz CT molecular complexity index is 409. The monoisotopic (exact) mass is 280 g/mol. The standard InChI is InChI=1S/C12H16F4N2O/c1-8-2-3-9(6-10(8)13)11(18-17)4-5-19-7-12(14,15)16/h2-3,6,11,18H,4-5,7,17H2,1H3. The van der Waals surface area contributed by atoms with Gasteiger partial charge in [0.1, 0.15) is 12.4 Å². The molecule has 3 nitrogen and oxygen atoms in total. The molecule has 19 heavy (non-hydrogen) atoms. The van der Waals surface area contributed by atoms with Gasteiger partial charge in [-0.2, -0.15) is 13.2 Å². The van der Waals surface area contributed by atoms with Crippen LogP contribution in [0.4, 0.5) is 17.6 Å². The molecule has 0 amide bonds. The summed E-state index contributed by atoms with van der Waals surface area (Å²) in [5.41, 5.74) is 3.50. The van der Waals surface area contributed by atoms with Gasteiger partial charge in [-0.3, -0.25) is 11.3 Å². The number of hydrogen-bond donors (Lipinski definition) is 2. The number of ether oxygens (including phenoxy) is 1. The second-order valence-corrected chi connectivity index (χ2v) is 4.18. The van der Waals surface area contributed by atoms with Gasteiger partial charge in [0.2, 0.25) is 0 Å². The van der Waals surface area contributed by atoms with E-state index in [2.05, 4.69) is 10.2 Å². The highest BCUT2D eigenvalue weighted by molar-refractivity contribution is 5.25. The van der Waals surface area contributed by atoms with E-state index in [1.165, 1.54) is 6.07 Å². The maximum atomic E-state index is 13.4. The van der Waals surface area contributed by atoms with Gasteiger partial charge in [0.15, 0.2) is 0 Å². The van der Waals surface area contributed by atoms with Crippen molar-refractivity contribution in [3.05, 3.63) is 35.1 Å². The van der Waals surface area contributed by atoms with Gasteiger partial charge in [0.05, 0.1) is 0 Å². The number of hydrazine groups is 1. The predicted octanol–water partition coefficient (Wildman–Crippen LogP) is 2.61. The summed E-state index contributed by atoms with van der Waals surface area (Å²) in [6.45, 7) is 0.201. The van der Waals surface area contributed by atoms with Gasteiger partial charge < -0.3 is 4.74 Å². The number of hydrogen-bond acceptors (Lipinski definition) is 3. The fourth-order valence-corrected chi connectivity index (χ4v) is 1.56. The average Bonchev–Trinajstić information content (AvgIpc) is 2.32. The predicted molar refractivity (Wildman–Crippen MR) is 62.7 cm³/mol. The van der Waals surface area contributed by atoms with Crippen molar-refractivity contribution < 1.29 is 22.3 Å². The zero-order valence-electron chi connectivity index (χ0n) is 10.4. The molecule has 0 radical (unpaired) electrons. The Morgan fingerprint density at radius 3 is 2.58 bits per heavy atom. The molecule has 0 aliphatic rings. The molecule has 0 aliphatic heterocycles. The van der Waals surface area contributed by atoms with Gasteiger partial charge >= 0.3 is 6.18 Å². The average molecular weight is 280 g/mol. The van der Waals surface area contributed by atoms with Gasteiger partial charge in [0, 0.05) is 12.6 Å². The molecule has 0 aliphatic carbocycles. The van der Waals surface area contributed by atoms with Crippen molar-refractivity contribution >= 4 is 0 Å². The number of nitrogens with two attached hydrogens (primary N) is 1. The Hall–Kier alpha value is -1.18. The third-order valence-electron chi connectivity index (χ3n) is 2.62. The van der Waals surface area contributed by atoms with Gasteiger partial charge in [-0.1, -0.05) is 12.1 Å². The van der Waals surface area contributed by atoms with Crippen LogP contribution < -0.4 is 11.3 Å². The zero-order chi connectivity index (χ0) is 14.5. The van der Waals surface area contributed by atoms with Crippen LogP contribution >= 0.6 is 0 Å². The van der Waals surface area contributed by atoms with Crippen LogP contribution in [0.15, 0.2) is 18.2 Å². The molecule has 0 saturated heterocycles. The van der Waals surface area contributed by atoms with Crippen molar-refractivity contribution in [1.82, 2.24) is 5.43 Å². The number of halogens is 4. The Labute approximate surface area is 108 Å². The topological polar surface area (TPSA) is 47.3 Å². The Balaban J connectivity index is 2.51. The lowest BCUT2D eigenvalue weighted by molar-refractivity contribution is -0.174. The molecular formula is C12H16F4N2O. The van der Waals surface area contributed by atoms with E-state index in [9.17, 15) is 17.6 Å². The van der Waals surface area contributed by atoms with Crippen molar-refractivity contribution in [2.45, 2.75) is 25.6 Å². The maximum Gasteiger partial charge on any atom is 0.411 e. The van der Waals surface area contributed by atoms with Crippen LogP contribution in [0.25, 0.3) is 0 Å². The third kappa shape index (κ3) is 5.54. The summed E-state index contributed by atoms with van der Waals surface area (Å²) in [7, 11) is 0. The number of nitrogens with one attached hydrogen (secondary N) is 1. The minimum atomic E-state index is -4.35. The largest absolute Gasteiger partial charge is 0.411 e. The van der Waals surface area contributed by atoms with Crippen LogP contribution in [0.3, 0.4) is 0 Å². The molecule has 108 valence electrons. The lowest BCUT2D eigenvalue weighted by Gasteiger charge is -2.17. The number of alkyl halides is 3. The van der Waals surface area contributed by atoms with Crippen molar-refractivity contribution in [2.24, 2.45) is 5.84 Å². The van der Waals surface area contributed by atoms with Crippen LogP contribution in [0.1, 0.15) is 23.6 Å². The molecular weight excluding hydrogens is 264 g/mol. The first kappa shape index (κ1) is 15.9. The van der Waals surface area contributed by atoms with Gasteiger partial charge in [-0.15, -0.1) is 0 Å². The van der Waals surface area contributed by atoms with E-state index in [-0.39, 0.29) is 18.8 Å². The minimum Gasteiger partial charge on any atom is -0.372 e. The van der Waals surface area contributed by atoms with E-state index < -0.39 is 18.8 Å². The molecule has 1 aromatic carbocycles. The van der Waals surface area contributed by atoms with Gasteiger partial charge in [0.25, 0.3) is 0 Å². The first-order valence-corrected chi connectivity index (χ1v) is 5.70. The molecule has 0 aromatic heterocycles. The minimum absolute atomic E-state index is 0.121. The van der Waals surface area contributed by atoms with Gasteiger partial charge in [-0.25, -0.2) is 4.39 Å². The van der Waals surface area contributed by atoms with E-state index in [1.54, 1.807) is 19.1 Å². The number of aryl methyl sites for hydroxylation is 1. The first-order valence-electron chi connectivity index (χ1n) is 5.70. The molecule has 0 bridgehead atoms. The van der Waals surface area contributed by atoms with Gasteiger partial charge in [-0.05, 0) is 30.5 Å². The zero-order valence-corrected chi connectivity index (χ0v) is 10.4. The lowest BCUT2D eigenvalue weighted by atomic mass is 10.0. The summed E-state index contributed by atoms with van der Waals surface area (Å²) >= 11 is 0. The highest BCUT2D eigenvalue weighted by Gasteiger charge is 2.27. The van der Waals surface area contributed by atoms with Crippen LogP contribution in [-0.2, 0) is 4.74 Å². The SMILES string of the molecule is Cc1ccc(C(CCOCC(F)(F)F)NN)cc1F. The maximum absolute atomic E-state index is 13.4. The molecule has 0 fully saturated rings. The molecule has 1 unspecified atom stereocenters. The van der Waals surface area contributed by atoms with E-state index >= 15 is 0 Å². The van der Waals surface area contributed by atoms with Crippen LogP contribution in [0.2, 0.25) is 0 Å². The number of benzene rings is 1. The van der Waals surface area contributed by atoms with E-state index in [0.29, 0.717) is 11.1 Å². The smallest absolute Gasteiger partial charge is 0.372 e. The summed E-state index contributed by atoms with van der Waals surface area (Å²) in [4.78, 5) is 0. The second kappa shape index (κ2) is 6.83. The second-order valence-electron chi connectivity index (χ2n) is 4.18. The number of rotatable bonds is 6. The van der Waals surface area contributed by atoms with Crippen molar-refractivity contribution in [2.75, 3.05) is 13.2 Å². The molecule has 7 heteroatoms. The summed E-state index contributed by atoms with van der Waals surface area (Å²) in [5, 5.41) is 0. The van der Waals surface area contributed by atoms with Crippen molar-refractivity contribution in [1.29, 1.82) is 0 Å². The lowest BCUT2D eigenvalue weighted by Crippen LogP contribution is -2.29. The Kier molecular flexibility index (Phi) is 5.71. The fourth-order valence-electron chi connectivity index (χ4n) is 1.56. The molecule has 0 spiro atoms. The van der Waals surface area contributed by atoms with E-state index in [1.807, 2.05) is 0 Å². The highest BCUT2D eigenvalue weighted by Crippen LogP contribution is 2.20. The summed E-state index contributed by atoms with van der Waals surface area (Å²) in [6, 6.07) is 4.12. The molecule has 3 N–H and O–H groups in total. The van der Waals surface area contributed by atoms with Crippen LogP contribution in [0.5, 0.6) is 0 Å². The molecule has 1 aromatic rings. The summed E-state index contributed by atoms with van der Waals surface area (Å²) < 4.78 is 53.5. The molecule has 0 saturated carbocycles. The van der Waals surface area contributed by atoms with Crippen LogP contribution in [-0.4, -0.2) is 19.4 Å². The normalized spacial score (nSPS) is 13.6. The summed E-state index contributed by atoms with van der Waals surface area (Å²) in [6.07, 6.45) is -4.13. The highest BCUT2D eigenvalue weighted by atomic mass is 19.4. The van der Waals surface area contributed by atoms with E-state index in [4.69, 9.17) is 5.84 Å². The molecule has 1 rings (SSSR count). The fraction of sp³-hybridized carbons (Fsp3) is 0.500. The first-order chi connectivity index (χ1) is 8.83. The Morgan fingerprint density at radius 1 is 1.37 bits per heavy atom. The Morgan fingerprint density at radius 2 is 2.05 bits per heavy atom. The third-order valence-corrected chi connectivity index (χ3v) is 2.62. The quantitative estimate of drug-likeness (QED) is 0.364. The van der Waals surface area contributed by atoms with E-state index in [0.717, 1.165) is 0 Å². The van der Waals surface area contributed by atoms with Crippen molar-refractivity contribution in [3.8, 4) is 0 Å². The summed E-state index contributed by atoms with van der Waals surface area (Å²) in [5.74, 6) is 4.93. The van der Waals surface area contributed by atoms with Crippen LogP contribution in [0, 0.1) is 12.7 Å². The molecule has 0 heterocycles. The van der Waals surface area contributed by atoms with Crippen molar-refractivity contribution in [3.63, 3.8) is 0 Å². The molecule has 1 atom stereocenters.